The van der Waals surface area contributed by atoms with Gasteiger partial charge in [-0.3, -0.25) is 0 Å². The van der Waals surface area contributed by atoms with Crippen LogP contribution in [0.15, 0.2) is 0 Å². The van der Waals surface area contributed by atoms with Gasteiger partial charge < -0.3 is 54.7 Å². The molecular weight excluding hydrogens is 428 g/mol. The maximum atomic E-state index is 10.7. The molecule has 32 heavy (non-hydrogen) atoms. The van der Waals surface area contributed by atoms with Gasteiger partial charge in [-0.25, -0.2) is 0 Å². The van der Waals surface area contributed by atoms with Gasteiger partial charge in [-0.15, -0.1) is 0 Å². The lowest BCUT2D eigenvalue weighted by molar-refractivity contribution is -0.363. The second-order valence-electron chi connectivity index (χ2n) is 9.52. The minimum Gasteiger partial charge on any atom is -0.394 e. The monoisotopic (exact) mass is 468 g/mol. The summed E-state index contributed by atoms with van der Waals surface area (Å²) in [4.78, 5) is 0. The molecule has 2 saturated heterocycles. The highest BCUT2D eigenvalue weighted by atomic mass is 16.7. The second-order valence-corrected chi connectivity index (χ2v) is 9.52. The van der Waals surface area contributed by atoms with Crippen molar-refractivity contribution in [1.82, 2.24) is 0 Å². The molecule has 0 unspecified atom stereocenters. The molecule has 0 bridgehead atoms. The first-order chi connectivity index (χ1) is 15.0. The van der Waals surface area contributed by atoms with Gasteiger partial charge in [-0.2, -0.15) is 0 Å². The van der Waals surface area contributed by atoms with Crippen molar-refractivity contribution in [2.75, 3.05) is 13.2 Å². The van der Waals surface area contributed by atoms with E-state index >= 15 is 0 Å². The van der Waals surface area contributed by atoms with E-state index in [-0.39, 0.29) is 6.10 Å². The Hall–Kier alpha value is -0.440. The SMILES string of the molecule is CC(C)CC(CC(C)C)O[C@@H]1O[C@H](CO)[C@@H](O[C@H]2O[C@H](CO)[C@@H](O)[C@H](O)[C@H]2O)[C@H](O)[C@H]1O. The van der Waals surface area contributed by atoms with Gasteiger partial charge in [0.25, 0.3) is 0 Å². The molecule has 2 rings (SSSR count). The fourth-order valence-electron chi connectivity index (χ4n) is 4.12. The van der Waals surface area contributed by atoms with E-state index in [1.54, 1.807) is 0 Å². The predicted octanol–water partition coefficient (Wildman–Crippen LogP) is -1.91. The van der Waals surface area contributed by atoms with Crippen LogP contribution in [0, 0.1) is 11.8 Å². The van der Waals surface area contributed by atoms with E-state index in [0.29, 0.717) is 11.8 Å². The van der Waals surface area contributed by atoms with E-state index in [1.807, 2.05) is 27.7 Å². The van der Waals surface area contributed by atoms with Gasteiger partial charge >= 0.3 is 0 Å². The first-order valence-corrected chi connectivity index (χ1v) is 11.2. The van der Waals surface area contributed by atoms with Crippen LogP contribution in [0.2, 0.25) is 0 Å². The average Bonchev–Trinajstić information content (AvgIpc) is 2.72. The molecule has 11 nitrogen and oxygen atoms in total. The van der Waals surface area contributed by atoms with E-state index in [0.717, 1.165) is 12.8 Å². The van der Waals surface area contributed by atoms with Gasteiger partial charge in [0.2, 0.25) is 0 Å². The van der Waals surface area contributed by atoms with Gasteiger partial charge in [0.1, 0.15) is 48.8 Å². The number of hydrogen-bond acceptors (Lipinski definition) is 11. The topological polar surface area (TPSA) is 179 Å². The fraction of sp³-hybridized carbons (Fsp3) is 1.00. The minimum atomic E-state index is -1.70. The van der Waals surface area contributed by atoms with Crippen molar-refractivity contribution < 1.29 is 54.7 Å². The summed E-state index contributed by atoms with van der Waals surface area (Å²) in [6.45, 7) is 6.94. The molecule has 0 aliphatic carbocycles. The zero-order valence-electron chi connectivity index (χ0n) is 19.1. The molecule has 190 valence electrons. The van der Waals surface area contributed by atoms with E-state index in [1.165, 1.54) is 0 Å². The standard InChI is InChI=1S/C21H40O11/c1-9(2)5-11(6-10(3)4)29-20-18(28)16(26)19(13(8-23)31-20)32-21-17(27)15(25)14(24)12(7-22)30-21/h9-28H,5-8H2,1-4H3/t12-,13-,14-,15+,16-,17-,18-,19-,20-,21-/m1/s1. The van der Waals surface area contributed by atoms with Crippen LogP contribution in [-0.4, -0.2) is 116 Å². The lowest BCUT2D eigenvalue weighted by Crippen LogP contribution is -2.65. The van der Waals surface area contributed by atoms with Crippen LogP contribution in [0.25, 0.3) is 0 Å². The number of hydrogen-bond donors (Lipinski definition) is 7. The first kappa shape index (κ1) is 27.8. The Morgan fingerprint density at radius 3 is 1.66 bits per heavy atom. The van der Waals surface area contributed by atoms with Crippen LogP contribution in [0.5, 0.6) is 0 Å². The summed E-state index contributed by atoms with van der Waals surface area (Å²) in [6, 6.07) is 0. The molecule has 0 aromatic carbocycles. The summed E-state index contributed by atoms with van der Waals surface area (Å²) < 4.78 is 22.5. The quantitative estimate of drug-likeness (QED) is 0.190. The third-order valence-corrected chi connectivity index (χ3v) is 5.76. The van der Waals surface area contributed by atoms with Crippen LogP contribution in [0.3, 0.4) is 0 Å². The molecule has 10 atom stereocenters. The van der Waals surface area contributed by atoms with Crippen molar-refractivity contribution in [3.05, 3.63) is 0 Å². The Bertz CT molecular complexity index is 534. The van der Waals surface area contributed by atoms with Crippen molar-refractivity contribution in [3.63, 3.8) is 0 Å². The molecule has 7 N–H and O–H groups in total. The lowest BCUT2D eigenvalue weighted by Gasteiger charge is -2.46. The molecule has 0 amide bonds. The van der Waals surface area contributed by atoms with Crippen LogP contribution in [0.1, 0.15) is 40.5 Å². The molecule has 2 aliphatic rings. The second kappa shape index (κ2) is 12.3. The van der Waals surface area contributed by atoms with Crippen molar-refractivity contribution in [2.45, 2.75) is 108 Å². The third-order valence-electron chi connectivity index (χ3n) is 5.76. The number of aliphatic hydroxyl groups excluding tert-OH is 7. The average molecular weight is 469 g/mol. The zero-order chi connectivity index (χ0) is 24.2. The van der Waals surface area contributed by atoms with Crippen LogP contribution in [-0.2, 0) is 18.9 Å². The summed E-state index contributed by atoms with van der Waals surface area (Å²) in [6.07, 6.45) is -13.3. The van der Waals surface area contributed by atoms with Gasteiger partial charge in [-0.05, 0) is 24.7 Å². The Kier molecular flexibility index (Phi) is 10.7. The van der Waals surface area contributed by atoms with Crippen molar-refractivity contribution in [3.8, 4) is 0 Å². The number of aliphatic hydroxyl groups is 7. The summed E-state index contributed by atoms with van der Waals surface area (Å²) in [5.74, 6) is 0.667. The van der Waals surface area contributed by atoms with Crippen molar-refractivity contribution in [1.29, 1.82) is 0 Å². The molecule has 0 saturated carbocycles. The summed E-state index contributed by atoms with van der Waals surface area (Å²) in [7, 11) is 0. The molecule has 2 aliphatic heterocycles. The Morgan fingerprint density at radius 2 is 1.16 bits per heavy atom. The summed E-state index contributed by atoms with van der Waals surface area (Å²) >= 11 is 0. The zero-order valence-corrected chi connectivity index (χ0v) is 19.1. The molecule has 0 aromatic heterocycles. The molecule has 0 aromatic rings. The smallest absolute Gasteiger partial charge is 0.187 e. The molecule has 0 radical (unpaired) electrons. The van der Waals surface area contributed by atoms with Gasteiger partial charge in [-0.1, -0.05) is 27.7 Å². The normalized spacial score (nSPS) is 41.1. The van der Waals surface area contributed by atoms with Gasteiger partial charge in [0, 0.05) is 0 Å². The Morgan fingerprint density at radius 1 is 0.656 bits per heavy atom. The molecule has 2 heterocycles. The van der Waals surface area contributed by atoms with Crippen LogP contribution in [0.4, 0.5) is 0 Å². The maximum absolute atomic E-state index is 10.7. The summed E-state index contributed by atoms with van der Waals surface area (Å²) in [5, 5.41) is 70.5. The van der Waals surface area contributed by atoms with Gasteiger partial charge in [0.05, 0.1) is 19.3 Å². The number of rotatable bonds is 10. The van der Waals surface area contributed by atoms with Crippen LogP contribution >= 0.6 is 0 Å². The highest BCUT2D eigenvalue weighted by Crippen LogP contribution is 2.31. The molecule has 2 fully saturated rings. The van der Waals surface area contributed by atoms with E-state index < -0.39 is 74.6 Å². The Labute approximate surface area is 188 Å². The van der Waals surface area contributed by atoms with Crippen molar-refractivity contribution >= 4 is 0 Å². The third kappa shape index (κ3) is 6.80. The van der Waals surface area contributed by atoms with E-state index in [9.17, 15) is 35.7 Å². The maximum Gasteiger partial charge on any atom is 0.187 e. The van der Waals surface area contributed by atoms with E-state index in [2.05, 4.69) is 0 Å². The van der Waals surface area contributed by atoms with Gasteiger partial charge in [0.15, 0.2) is 12.6 Å². The minimum absolute atomic E-state index is 0.232. The molecule has 0 spiro atoms. The van der Waals surface area contributed by atoms with Crippen LogP contribution < -0.4 is 0 Å². The largest absolute Gasteiger partial charge is 0.394 e. The number of ether oxygens (including phenoxy) is 4. The highest BCUT2D eigenvalue weighted by molar-refractivity contribution is 4.94. The van der Waals surface area contributed by atoms with Crippen molar-refractivity contribution in [2.24, 2.45) is 11.8 Å². The lowest BCUT2D eigenvalue weighted by atomic mass is 9.96. The fourth-order valence-corrected chi connectivity index (χ4v) is 4.12. The molecular formula is C21H40O11. The Balaban J connectivity index is 2.11. The highest BCUT2D eigenvalue weighted by Gasteiger charge is 2.51. The van der Waals surface area contributed by atoms with E-state index in [4.69, 9.17) is 18.9 Å². The molecule has 11 heteroatoms. The first-order valence-electron chi connectivity index (χ1n) is 11.2. The summed E-state index contributed by atoms with van der Waals surface area (Å²) in [5.41, 5.74) is 0. The predicted molar refractivity (Wildman–Crippen MR) is 110 cm³/mol.